The van der Waals surface area contributed by atoms with Gasteiger partial charge in [0.05, 0.1) is 12.0 Å². The molecule has 0 atom stereocenters. The van der Waals surface area contributed by atoms with E-state index in [9.17, 15) is 13.2 Å². The van der Waals surface area contributed by atoms with E-state index >= 15 is 0 Å². The molecule has 15 heavy (non-hydrogen) atoms. The van der Waals surface area contributed by atoms with Crippen molar-refractivity contribution in [2.75, 3.05) is 13.4 Å². The predicted molar refractivity (Wildman–Crippen MR) is 51.9 cm³/mol. The molecule has 0 heterocycles. The van der Waals surface area contributed by atoms with E-state index in [0.717, 1.165) is 17.8 Å². The molecular formula is C9H10F3NOS. The molecule has 1 rings (SSSR count). The number of nitrogens with one attached hydrogen (secondary N) is 1. The summed E-state index contributed by atoms with van der Waals surface area (Å²) < 4.78 is 39.8. The number of benzene rings is 1. The van der Waals surface area contributed by atoms with Crippen molar-refractivity contribution in [2.45, 2.75) is 11.4 Å². The van der Waals surface area contributed by atoms with Gasteiger partial charge in [-0.1, -0.05) is 0 Å². The van der Waals surface area contributed by atoms with Crippen LogP contribution in [-0.4, -0.2) is 13.4 Å². The summed E-state index contributed by atoms with van der Waals surface area (Å²) in [5.41, 5.74) is 2.21. The number of thioether (sulfide) groups is 1. The second kappa shape index (κ2) is 5.39. The Hall–Kier alpha value is -0.720. The van der Waals surface area contributed by atoms with Gasteiger partial charge in [0.15, 0.2) is 11.6 Å². The van der Waals surface area contributed by atoms with E-state index in [0.29, 0.717) is 0 Å². The average molecular weight is 237 g/mol. The van der Waals surface area contributed by atoms with Crippen LogP contribution in [0, 0.1) is 17.5 Å². The predicted octanol–water partition coefficient (Wildman–Crippen LogP) is 2.48. The van der Waals surface area contributed by atoms with Crippen molar-refractivity contribution in [3.05, 3.63) is 29.1 Å². The Labute approximate surface area is 89.8 Å². The Bertz CT molecular complexity index is 360. The van der Waals surface area contributed by atoms with Crippen LogP contribution in [0.4, 0.5) is 13.2 Å². The third kappa shape index (κ3) is 2.64. The summed E-state index contributed by atoms with van der Waals surface area (Å²) in [7, 11) is 1.33. The van der Waals surface area contributed by atoms with Crippen molar-refractivity contribution >= 4 is 11.8 Å². The fourth-order valence-corrected chi connectivity index (χ4v) is 1.62. The highest BCUT2D eigenvalue weighted by Crippen LogP contribution is 2.27. The Balaban J connectivity index is 3.10. The van der Waals surface area contributed by atoms with Gasteiger partial charge in [0.2, 0.25) is 0 Å². The average Bonchev–Trinajstić information content (AvgIpc) is 2.22. The molecule has 0 aliphatic heterocycles. The molecule has 0 spiro atoms. The first-order valence-corrected chi connectivity index (χ1v) is 5.30. The lowest BCUT2D eigenvalue weighted by molar-refractivity contribution is 0.0856. The molecule has 0 radical (unpaired) electrons. The maximum atomic E-state index is 13.3. The molecule has 0 aliphatic rings. The van der Waals surface area contributed by atoms with Crippen LogP contribution in [0.5, 0.6) is 0 Å². The maximum absolute atomic E-state index is 13.3. The highest BCUT2D eigenvalue weighted by molar-refractivity contribution is 7.98. The molecule has 0 bridgehead atoms. The molecule has 0 fully saturated rings. The van der Waals surface area contributed by atoms with Crippen molar-refractivity contribution in [3.63, 3.8) is 0 Å². The van der Waals surface area contributed by atoms with Gasteiger partial charge in [-0.3, -0.25) is 0 Å². The smallest absolute Gasteiger partial charge is 0.175 e. The lowest BCUT2D eigenvalue weighted by atomic mass is 10.2. The fraction of sp³-hybridized carbons (Fsp3) is 0.333. The Morgan fingerprint density at radius 3 is 2.53 bits per heavy atom. The zero-order chi connectivity index (χ0) is 11.4. The molecule has 1 N–H and O–H groups in total. The zero-order valence-corrected chi connectivity index (χ0v) is 9.05. The second-order valence-electron chi connectivity index (χ2n) is 2.70. The number of rotatable bonds is 4. The van der Waals surface area contributed by atoms with Gasteiger partial charge >= 0.3 is 0 Å². The van der Waals surface area contributed by atoms with Crippen molar-refractivity contribution in [1.29, 1.82) is 0 Å². The lowest BCUT2D eigenvalue weighted by Crippen LogP contribution is -2.13. The Morgan fingerprint density at radius 1 is 1.33 bits per heavy atom. The van der Waals surface area contributed by atoms with Crippen LogP contribution < -0.4 is 5.48 Å². The van der Waals surface area contributed by atoms with Gasteiger partial charge in [-0.15, -0.1) is 11.8 Å². The standard InChI is InChI=1S/C9H10F3NOS/c1-14-13-4-5-3-6(10)9(15-2)8(12)7(5)11/h3,13H,4H2,1-2H3. The molecule has 0 saturated carbocycles. The third-order valence-electron chi connectivity index (χ3n) is 1.80. The van der Waals surface area contributed by atoms with Gasteiger partial charge in [0, 0.05) is 12.1 Å². The highest BCUT2D eigenvalue weighted by atomic mass is 32.2. The monoisotopic (exact) mass is 237 g/mol. The van der Waals surface area contributed by atoms with E-state index in [4.69, 9.17) is 0 Å². The minimum Gasteiger partial charge on any atom is -0.305 e. The Kier molecular flexibility index (Phi) is 4.44. The molecule has 0 amide bonds. The molecule has 0 saturated heterocycles. The summed E-state index contributed by atoms with van der Waals surface area (Å²) in [6, 6.07) is 0.955. The van der Waals surface area contributed by atoms with E-state index < -0.39 is 17.5 Å². The van der Waals surface area contributed by atoms with E-state index in [2.05, 4.69) is 10.3 Å². The van der Waals surface area contributed by atoms with Crippen molar-refractivity contribution in [2.24, 2.45) is 0 Å². The van der Waals surface area contributed by atoms with Gasteiger partial charge in [-0.25, -0.2) is 13.2 Å². The number of hydrogen-bond acceptors (Lipinski definition) is 3. The third-order valence-corrected chi connectivity index (χ3v) is 2.59. The van der Waals surface area contributed by atoms with Crippen LogP contribution >= 0.6 is 11.8 Å². The molecule has 2 nitrogen and oxygen atoms in total. The summed E-state index contributed by atoms with van der Waals surface area (Å²) in [6.07, 6.45) is 1.48. The number of halogens is 3. The molecule has 1 aromatic rings. The first-order chi connectivity index (χ1) is 7.11. The lowest BCUT2D eigenvalue weighted by Gasteiger charge is -2.08. The van der Waals surface area contributed by atoms with E-state index in [1.807, 2.05) is 0 Å². The Morgan fingerprint density at radius 2 is 2.00 bits per heavy atom. The zero-order valence-electron chi connectivity index (χ0n) is 8.23. The van der Waals surface area contributed by atoms with Gasteiger partial charge in [0.1, 0.15) is 5.82 Å². The van der Waals surface area contributed by atoms with Gasteiger partial charge in [-0.2, -0.15) is 5.48 Å². The summed E-state index contributed by atoms with van der Waals surface area (Å²) >= 11 is 0.827. The SMILES string of the molecule is CONCc1cc(F)c(SC)c(F)c1F. The van der Waals surface area contributed by atoms with Gasteiger partial charge < -0.3 is 4.84 Å². The molecular weight excluding hydrogens is 227 g/mol. The number of hydrogen-bond donors (Lipinski definition) is 1. The topological polar surface area (TPSA) is 21.3 Å². The van der Waals surface area contributed by atoms with Crippen LogP contribution in [-0.2, 0) is 11.4 Å². The highest BCUT2D eigenvalue weighted by Gasteiger charge is 2.17. The van der Waals surface area contributed by atoms with Gasteiger partial charge in [0.25, 0.3) is 0 Å². The van der Waals surface area contributed by atoms with Crippen LogP contribution in [0.3, 0.4) is 0 Å². The minimum atomic E-state index is -1.16. The quantitative estimate of drug-likeness (QED) is 0.494. The molecule has 0 unspecified atom stereocenters. The normalized spacial score (nSPS) is 10.7. The first kappa shape index (κ1) is 12.4. The van der Waals surface area contributed by atoms with Crippen molar-refractivity contribution in [1.82, 2.24) is 5.48 Å². The van der Waals surface area contributed by atoms with Crippen molar-refractivity contribution in [3.8, 4) is 0 Å². The van der Waals surface area contributed by atoms with Crippen LogP contribution in [0.25, 0.3) is 0 Å². The van der Waals surface area contributed by atoms with E-state index in [-0.39, 0.29) is 17.0 Å². The van der Waals surface area contributed by atoms with Crippen LogP contribution in [0.2, 0.25) is 0 Å². The largest absolute Gasteiger partial charge is 0.305 e. The first-order valence-electron chi connectivity index (χ1n) is 4.08. The summed E-state index contributed by atoms with van der Waals surface area (Å²) in [5, 5.41) is 0. The number of hydroxylamine groups is 1. The molecule has 84 valence electrons. The molecule has 6 heteroatoms. The van der Waals surface area contributed by atoms with E-state index in [1.54, 1.807) is 0 Å². The maximum Gasteiger partial charge on any atom is 0.175 e. The van der Waals surface area contributed by atoms with Crippen LogP contribution in [0.1, 0.15) is 5.56 Å². The second-order valence-corrected chi connectivity index (χ2v) is 3.52. The molecule has 1 aromatic carbocycles. The molecule has 0 aromatic heterocycles. The van der Waals surface area contributed by atoms with Crippen LogP contribution in [0.15, 0.2) is 11.0 Å². The van der Waals surface area contributed by atoms with Gasteiger partial charge in [-0.05, 0) is 12.3 Å². The summed E-state index contributed by atoms with van der Waals surface area (Å²) in [5.74, 6) is -2.98. The molecule has 0 aliphatic carbocycles. The summed E-state index contributed by atoms with van der Waals surface area (Å²) in [4.78, 5) is 4.16. The van der Waals surface area contributed by atoms with E-state index in [1.165, 1.54) is 13.4 Å². The fourth-order valence-electron chi connectivity index (χ4n) is 1.09. The summed E-state index contributed by atoms with van der Waals surface area (Å²) in [6.45, 7) is -0.0924. The van der Waals surface area contributed by atoms with Crippen molar-refractivity contribution < 1.29 is 18.0 Å². The minimum absolute atomic E-state index is 0.0924.